The zero-order valence-corrected chi connectivity index (χ0v) is 20.2. The molecule has 180 valence electrons. The second-order valence-corrected chi connectivity index (χ2v) is 12.6. The molecule has 3 atom stereocenters. The summed E-state index contributed by atoms with van der Waals surface area (Å²) in [5.41, 5.74) is 2.01. The quantitative estimate of drug-likeness (QED) is 0.654. The maximum atomic E-state index is 14.0. The van der Waals surface area contributed by atoms with Crippen molar-refractivity contribution in [1.29, 1.82) is 4.78 Å². The minimum Gasteiger partial charge on any atom is -0.481 e. The first kappa shape index (κ1) is 23.7. The van der Waals surface area contributed by atoms with Gasteiger partial charge < -0.3 is 14.4 Å². The van der Waals surface area contributed by atoms with Crippen LogP contribution >= 0.6 is 0 Å². The average Bonchev–Trinajstić information content (AvgIpc) is 3.20. The van der Waals surface area contributed by atoms with E-state index in [-0.39, 0.29) is 11.8 Å². The standard InChI is InChI=1S/C24H32FN3O4S/c1-24(2,3)23-27-20(18-9-6-16(25)14-19(18)22(29)30)21(32-23)15-4-7-17(8-5-15)28-10-12-33(26,31)13-11-28/h4-5,7-8,16,18-19,26H,6,9-14H2,1-3H3,(H,29,30)/t16-,18+,19+/m0/s1. The van der Waals surface area contributed by atoms with Gasteiger partial charge >= 0.3 is 5.97 Å². The predicted molar refractivity (Wildman–Crippen MR) is 126 cm³/mol. The minimum atomic E-state index is -2.46. The van der Waals surface area contributed by atoms with Gasteiger partial charge in [-0.1, -0.05) is 20.8 Å². The number of hydrogen-bond donors (Lipinski definition) is 2. The van der Waals surface area contributed by atoms with E-state index in [1.54, 1.807) is 0 Å². The lowest BCUT2D eigenvalue weighted by atomic mass is 9.76. The Bertz CT molecular complexity index is 1110. The van der Waals surface area contributed by atoms with Crippen LogP contribution in [0.15, 0.2) is 28.7 Å². The Balaban J connectivity index is 1.68. The smallest absolute Gasteiger partial charge is 0.307 e. The number of aromatic nitrogens is 1. The molecule has 4 rings (SSSR count). The maximum Gasteiger partial charge on any atom is 0.307 e. The summed E-state index contributed by atoms with van der Waals surface area (Å²) in [5.74, 6) is -0.431. The van der Waals surface area contributed by atoms with Crippen LogP contribution in [0.2, 0.25) is 0 Å². The van der Waals surface area contributed by atoms with Crippen LogP contribution in [-0.2, 0) is 19.9 Å². The van der Waals surface area contributed by atoms with E-state index in [9.17, 15) is 18.5 Å². The van der Waals surface area contributed by atoms with Crippen molar-refractivity contribution in [2.45, 2.75) is 57.5 Å². The van der Waals surface area contributed by atoms with Gasteiger partial charge in [-0.3, -0.25) is 9.57 Å². The molecule has 2 fully saturated rings. The van der Waals surface area contributed by atoms with Crippen molar-refractivity contribution in [2.24, 2.45) is 5.92 Å². The lowest BCUT2D eigenvalue weighted by Gasteiger charge is -2.30. The highest BCUT2D eigenvalue weighted by molar-refractivity contribution is 7.92. The maximum absolute atomic E-state index is 14.0. The SMILES string of the molecule is CC(C)(C)c1nc([C@@H]2CC[C@H](F)C[C@H]2C(=O)O)c(-c2ccc(N3CCS(=N)(=O)CC3)cc2)o1. The van der Waals surface area contributed by atoms with E-state index in [2.05, 4.69) is 4.90 Å². The van der Waals surface area contributed by atoms with Crippen LogP contribution in [0.3, 0.4) is 0 Å². The average molecular weight is 478 g/mol. The van der Waals surface area contributed by atoms with Gasteiger partial charge in [0.1, 0.15) is 6.17 Å². The number of nitrogens with zero attached hydrogens (tertiary/aromatic N) is 2. The van der Waals surface area contributed by atoms with Crippen LogP contribution < -0.4 is 4.90 Å². The summed E-state index contributed by atoms with van der Waals surface area (Å²) in [6, 6.07) is 7.77. The molecule has 1 aromatic heterocycles. The lowest BCUT2D eigenvalue weighted by Crippen LogP contribution is -2.39. The molecule has 1 saturated carbocycles. The van der Waals surface area contributed by atoms with Crippen molar-refractivity contribution in [2.75, 3.05) is 29.5 Å². The molecule has 1 saturated heterocycles. The monoisotopic (exact) mass is 477 g/mol. The fourth-order valence-corrected chi connectivity index (χ4v) is 5.88. The molecule has 1 aromatic carbocycles. The first-order chi connectivity index (χ1) is 15.4. The Hall–Kier alpha value is -2.42. The van der Waals surface area contributed by atoms with Gasteiger partial charge in [0, 0.05) is 56.9 Å². The van der Waals surface area contributed by atoms with Crippen molar-refractivity contribution in [3.8, 4) is 11.3 Å². The second kappa shape index (κ2) is 8.74. The number of nitrogens with one attached hydrogen (secondary N) is 1. The minimum absolute atomic E-state index is 0.00968. The number of anilines is 1. The van der Waals surface area contributed by atoms with Crippen molar-refractivity contribution >= 4 is 21.4 Å². The predicted octanol–water partition coefficient (Wildman–Crippen LogP) is 4.81. The summed E-state index contributed by atoms with van der Waals surface area (Å²) in [4.78, 5) is 18.8. The third-order valence-electron chi connectivity index (χ3n) is 6.63. The Kier molecular flexibility index (Phi) is 6.28. The van der Waals surface area contributed by atoms with Gasteiger partial charge in [0.25, 0.3) is 0 Å². The van der Waals surface area contributed by atoms with Gasteiger partial charge in [-0.25, -0.2) is 13.6 Å². The molecule has 7 nitrogen and oxygen atoms in total. The fourth-order valence-electron chi connectivity index (χ4n) is 4.64. The number of benzene rings is 1. The van der Waals surface area contributed by atoms with Gasteiger partial charge in [0.2, 0.25) is 5.89 Å². The second-order valence-electron chi connectivity index (χ2n) is 10.2. The number of halogens is 1. The van der Waals surface area contributed by atoms with Crippen LogP contribution in [0.25, 0.3) is 11.3 Å². The van der Waals surface area contributed by atoms with Gasteiger partial charge in [0.05, 0.1) is 11.6 Å². The number of alkyl halides is 1. The Labute approximate surface area is 194 Å². The number of carbonyl (C=O) groups is 1. The van der Waals surface area contributed by atoms with Crippen molar-refractivity contribution in [3.63, 3.8) is 0 Å². The molecule has 1 aliphatic carbocycles. The first-order valence-electron chi connectivity index (χ1n) is 11.4. The Morgan fingerprint density at radius 1 is 1.21 bits per heavy atom. The summed E-state index contributed by atoms with van der Waals surface area (Å²) in [6.45, 7) is 7.13. The molecule has 0 amide bonds. The molecule has 33 heavy (non-hydrogen) atoms. The number of carboxylic acids is 1. The molecule has 2 aromatic rings. The largest absolute Gasteiger partial charge is 0.481 e. The van der Waals surface area contributed by atoms with Crippen LogP contribution in [0, 0.1) is 10.7 Å². The topological polar surface area (TPSA) is 107 Å². The molecule has 2 N–H and O–H groups in total. The lowest BCUT2D eigenvalue weighted by molar-refractivity contribution is -0.144. The summed E-state index contributed by atoms with van der Waals surface area (Å²) in [6.07, 6.45) is -0.385. The number of hydrogen-bond acceptors (Lipinski definition) is 6. The highest BCUT2D eigenvalue weighted by Gasteiger charge is 2.40. The molecule has 2 heterocycles. The highest BCUT2D eigenvalue weighted by Crippen LogP contribution is 2.44. The summed E-state index contributed by atoms with van der Waals surface area (Å²) < 4.78 is 40.0. The molecule has 2 aliphatic rings. The van der Waals surface area contributed by atoms with Gasteiger partial charge in [0.15, 0.2) is 5.76 Å². The zero-order chi connectivity index (χ0) is 24.0. The normalized spacial score (nSPS) is 25.7. The molecule has 0 bridgehead atoms. The first-order valence-corrected chi connectivity index (χ1v) is 13.3. The molecular weight excluding hydrogens is 445 g/mol. The summed E-state index contributed by atoms with van der Waals surface area (Å²) in [5, 5.41) is 9.77. The summed E-state index contributed by atoms with van der Waals surface area (Å²) >= 11 is 0. The van der Waals surface area contributed by atoms with Gasteiger partial charge in [-0.2, -0.15) is 0 Å². The molecule has 0 radical (unpaired) electrons. The van der Waals surface area contributed by atoms with Crippen LogP contribution in [0.5, 0.6) is 0 Å². The summed E-state index contributed by atoms with van der Waals surface area (Å²) in [7, 11) is -2.46. The van der Waals surface area contributed by atoms with E-state index >= 15 is 0 Å². The van der Waals surface area contributed by atoms with Crippen molar-refractivity contribution < 1.29 is 22.9 Å². The third-order valence-corrected chi connectivity index (χ3v) is 8.31. The molecule has 0 unspecified atom stereocenters. The highest BCUT2D eigenvalue weighted by atomic mass is 32.2. The zero-order valence-electron chi connectivity index (χ0n) is 19.3. The van der Waals surface area contributed by atoms with E-state index in [0.29, 0.717) is 54.8 Å². The number of oxazole rings is 1. The Morgan fingerprint density at radius 2 is 1.85 bits per heavy atom. The van der Waals surface area contributed by atoms with E-state index in [1.807, 2.05) is 45.0 Å². The molecule has 0 spiro atoms. The fraction of sp³-hybridized carbons (Fsp3) is 0.583. The molecular formula is C24H32FN3O4S. The molecule has 9 heteroatoms. The Morgan fingerprint density at radius 3 is 2.42 bits per heavy atom. The van der Waals surface area contributed by atoms with E-state index in [1.165, 1.54) is 0 Å². The third kappa shape index (κ3) is 5.08. The van der Waals surface area contributed by atoms with E-state index < -0.39 is 33.7 Å². The van der Waals surface area contributed by atoms with E-state index in [4.69, 9.17) is 14.2 Å². The van der Waals surface area contributed by atoms with Gasteiger partial charge in [-0.15, -0.1) is 0 Å². The molecule has 1 aliphatic heterocycles. The van der Waals surface area contributed by atoms with Gasteiger partial charge in [-0.05, 0) is 43.5 Å². The number of carboxylic acid groups (broad SMARTS) is 1. The van der Waals surface area contributed by atoms with Crippen LogP contribution in [-0.4, -0.2) is 51.0 Å². The van der Waals surface area contributed by atoms with Crippen molar-refractivity contribution in [1.82, 2.24) is 4.98 Å². The van der Waals surface area contributed by atoms with Crippen LogP contribution in [0.4, 0.5) is 10.1 Å². The number of rotatable bonds is 4. The number of aliphatic carboxylic acids is 1. The van der Waals surface area contributed by atoms with Crippen molar-refractivity contribution in [3.05, 3.63) is 35.9 Å². The van der Waals surface area contributed by atoms with E-state index in [0.717, 1.165) is 11.3 Å². The van der Waals surface area contributed by atoms with Crippen LogP contribution in [0.1, 0.15) is 57.5 Å².